The van der Waals surface area contributed by atoms with Crippen molar-refractivity contribution < 1.29 is 24.6 Å². The Kier molecular flexibility index (Phi) is 4.63. The molecule has 1 aromatic rings. The van der Waals surface area contributed by atoms with Gasteiger partial charge >= 0.3 is 5.97 Å². The number of aliphatic carboxylic acids is 1. The Morgan fingerprint density at radius 3 is 2.64 bits per heavy atom. The number of carbonyl (C=O) groups is 3. The van der Waals surface area contributed by atoms with Crippen molar-refractivity contribution >= 4 is 46.0 Å². The number of nitrogens with two attached hydrogens (primary N) is 1. The first-order valence-corrected chi connectivity index (χ1v) is 10.6. The normalized spacial score (nSPS) is 28.1. The van der Waals surface area contributed by atoms with Crippen molar-refractivity contribution in [1.82, 2.24) is 9.88 Å². The molecule has 1 aromatic heterocycles. The lowest BCUT2D eigenvalue weighted by Crippen LogP contribution is -2.63. The first-order valence-electron chi connectivity index (χ1n) is 8.86. The number of hydrogen-bond donors (Lipinski definition) is 3. The number of fused-ring (bicyclic) bond motifs is 1. The van der Waals surface area contributed by atoms with Crippen molar-refractivity contribution in [3.05, 3.63) is 21.7 Å². The van der Waals surface area contributed by atoms with E-state index < -0.39 is 23.9 Å². The van der Waals surface area contributed by atoms with Crippen LogP contribution in [0.4, 0.5) is 5.13 Å². The van der Waals surface area contributed by atoms with Gasteiger partial charge in [0.25, 0.3) is 5.91 Å². The molecule has 0 bridgehead atoms. The van der Waals surface area contributed by atoms with Crippen molar-refractivity contribution in [2.75, 3.05) is 18.0 Å². The van der Waals surface area contributed by atoms with Gasteiger partial charge in [0.1, 0.15) is 11.4 Å². The van der Waals surface area contributed by atoms with Gasteiger partial charge in [-0.2, -0.15) is 0 Å². The van der Waals surface area contributed by atoms with E-state index in [0.29, 0.717) is 23.1 Å². The third-order valence-corrected chi connectivity index (χ3v) is 7.82. The minimum Gasteiger partial charge on any atom is -0.477 e. The number of anilines is 1. The number of aliphatic hydroxyl groups excluding tert-OH is 1. The smallest absolute Gasteiger partial charge is 0.353 e. The number of hydrogen-bond acceptors (Lipinski definition) is 8. The predicted octanol–water partition coefficient (Wildman–Crippen LogP) is 0.317. The summed E-state index contributed by atoms with van der Waals surface area (Å²) in [6, 6.07) is -0.297. The summed E-state index contributed by atoms with van der Waals surface area (Å²) in [4.78, 5) is 43.6. The van der Waals surface area contributed by atoms with Gasteiger partial charge in [0.2, 0.25) is 5.91 Å². The maximum Gasteiger partial charge on any atom is 0.353 e. The molecule has 150 valence electrons. The van der Waals surface area contributed by atoms with Crippen LogP contribution in [0.25, 0.3) is 0 Å². The third kappa shape index (κ3) is 2.80. The monoisotopic (exact) mass is 424 g/mol. The number of rotatable bonds is 6. The number of β-lactam (4-membered cyclic amide) rings is 1. The van der Waals surface area contributed by atoms with Crippen LogP contribution in [0.1, 0.15) is 24.3 Å². The molecule has 2 saturated heterocycles. The predicted molar refractivity (Wildman–Crippen MR) is 104 cm³/mol. The molecular weight excluding hydrogens is 404 g/mol. The number of carboxylic acids is 1. The molecule has 0 saturated carbocycles. The summed E-state index contributed by atoms with van der Waals surface area (Å²) >= 11 is 2.83. The minimum absolute atomic E-state index is 0.0492. The zero-order valence-corrected chi connectivity index (χ0v) is 16.9. The fraction of sp³-hybridized carbons (Fsp3) is 0.529. The molecule has 0 unspecified atom stereocenters. The van der Waals surface area contributed by atoms with E-state index in [2.05, 4.69) is 4.98 Å². The van der Waals surface area contributed by atoms with E-state index in [0.717, 1.165) is 0 Å². The molecule has 9 nitrogen and oxygen atoms in total. The standard InChI is InChI=1S/C17H20N4O5S2/c1-6-11-10(7(2)22)15(24)21(11)12(16(25)26)13(6)28-8-3-20(4-8)17-19-9(5-27-17)14(18)23/h5-8,10-11,22H,3-4H2,1-2H3,(H2,18,23)(H,25,26)/t6-,7-,10-,11-/m1/s1. The van der Waals surface area contributed by atoms with E-state index in [-0.39, 0.29) is 34.5 Å². The first-order chi connectivity index (χ1) is 13.2. The Hall–Kier alpha value is -2.11. The Morgan fingerprint density at radius 2 is 2.11 bits per heavy atom. The molecular formula is C17H20N4O5S2. The van der Waals surface area contributed by atoms with Crippen molar-refractivity contribution in [3.63, 3.8) is 0 Å². The van der Waals surface area contributed by atoms with Crippen LogP contribution in [0.2, 0.25) is 0 Å². The molecule has 28 heavy (non-hydrogen) atoms. The van der Waals surface area contributed by atoms with Crippen LogP contribution >= 0.6 is 23.1 Å². The van der Waals surface area contributed by atoms with Crippen LogP contribution in [0.15, 0.2) is 16.0 Å². The Bertz CT molecular complexity index is 892. The molecule has 0 radical (unpaired) electrons. The van der Waals surface area contributed by atoms with Gasteiger partial charge in [0, 0.05) is 34.5 Å². The maximum atomic E-state index is 12.4. The number of thiazole rings is 1. The van der Waals surface area contributed by atoms with Crippen LogP contribution in [0.3, 0.4) is 0 Å². The first kappa shape index (κ1) is 19.2. The molecule has 3 aliphatic heterocycles. The fourth-order valence-electron chi connectivity index (χ4n) is 4.05. The number of aliphatic hydroxyl groups is 1. The van der Waals surface area contributed by atoms with E-state index in [1.807, 2.05) is 11.8 Å². The largest absolute Gasteiger partial charge is 0.477 e. The van der Waals surface area contributed by atoms with Crippen molar-refractivity contribution in [1.29, 1.82) is 0 Å². The second-order valence-corrected chi connectivity index (χ2v) is 9.48. The van der Waals surface area contributed by atoms with Gasteiger partial charge in [0.15, 0.2) is 5.13 Å². The van der Waals surface area contributed by atoms with Crippen molar-refractivity contribution in [2.45, 2.75) is 31.2 Å². The lowest BCUT2D eigenvalue weighted by Gasteiger charge is -2.46. The summed E-state index contributed by atoms with van der Waals surface area (Å²) < 4.78 is 0. The van der Waals surface area contributed by atoms with Crippen LogP contribution in [-0.4, -0.2) is 68.4 Å². The van der Waals surface area contributed by atoms with E-state index in [9.17, 15) is 24.6 Å². The summed E-state index contributed by atoms with van der Waals surface area (Å²) in [5.41, 5.74) is 5.52. The van der Waals surface area contributed by atoms with E-state index >= 15 is 0 Å². The Morgan fingerprint density at radius 1 is 1.43 bits per heavy atom. The molecule has 2 fully saturated rings. The number of carboxylic acid groups (broad SMARTS) is 1. The van der Waals surface area contributed by atoms with E-state index in [1.165, 1.54) is 28.0 Å². The van der Waals surface area contributed by atoms with Gasteiger partial charge in [-0.25, -0.2) is 9.78 Å². The summed E-state index contributed by atoms with van der Waals surface area (Å²) in [5, 5.41) is 22.1. The highest BCUT2D eigenvalue weighted by molar-refractivity contribution is 8.03. The summed E-state index contributed by atoms with van der Waals surface area (Å²) in [6.45, 7) is 4.81. The fourth-order valence-corrected chi connectivity index (χ4v) is 6.40. The van der Waals surface area contributed by atoms with Gasteiger partial charge in [-0.15, -0.1) is 23.1 Å². The topological polar surface area (TPSA) is 137 Å². The number of primary amides is 1. The lowest BCUT2D eigenvalue weighted by atomic mass is 9.79. The van der Waals surface area contributed by atoms with Crippen LogP contribution < -0.4 is 10.6 Å². The summed E-state index contributed by atoms with van der Waals surface area (Å²) in [6.07, 6.45) is -0.806. The van der Waals surface area contributed by atoms with Gasteiger partial charge in [-0.3, -0.25) is 9.59 Å². The van der Waals surface area contributed by atoms with Crippen molar-refractivity contribution in [3.8, 4) is 0 Å². The summed E-state index contributed by atoms with van der Waals surface area (Å²) in [7, 11) is 0. The third-order valence-electron chi connectivity index (χ3n) is 5.47. The van der Waals surface area contributed by atoms with Crippen LogP contribution in [0.5, 0.6) is 0 Å². The molecule has 4 N–H and O–H groups in total. The van der Waals surface area contributed by atoms with Gasteiger partial charge in [-0.1, -0.05) is 6.92 Å². The number of amides is 2. The zero-order chi connectivity index (χ0) is 20.3. The highest BCUT2D eigenvalue weighted by Crippen LogP contribution is 2.52. The average Bonchev–Trinajstić information content (AvgIpc) is 3.13. The zero-order valence-electron chi connectivity index (χ0n) is 15.2. The molecule has 0 aromatic carbocycles. The molecule has 11 heteroatoms. The average molecular weight is 425 g/mol. The highest BCUT2D eigenvalue weighted by atomic mass is 32.2. The number of nitrogens with zero attached hydrogens (tertiary/aromatic N) is 3. The molecule has 0 aliphatic carbocycles. The lowest BCUT2D eigenvalue weighted by molar-refractivity contribution is -0.163. The molecule has 4 rings (SSSR count). The van der Waals surface area contributed by atoms with Crippen LogP contribution in [-0.2, 0) is 9.59 Å². The number of thioether (sulfide) groups is 1. The minimum atomic E-state index is -1.11. The van der Waals surface area contributed by atoms with E-state index in [1.54, 1.807) is 12.3 Å². The van der Waals surface area contributed by atoms with Gasteiger partial charge in [0.05, 0.1) is 18.1 Å². The Balaban J connectivity index is 1.47. The van der Waals surface area contributed by atoms with Gasteiger partial charge in [-0.05, 0) is 6.92 Å². The van der Waals surface area contributed by atoms with Crippen molar-refractivity contribution in [2.24, 2.45) is 17.6 Å². The molecule has 4 heterocycles. The molecule has 0 spiro atoms. The second kappa shape index (κ2) is 6.75. The maximum absolute atomic E-state index is 12.4. The quantitative estimate of drug-likeness (QED) is 0.555. The second-order valence-electron chi connectivity index (χ2n) is 7.30. The Labute approximate surface area is 169 Å². The molecule has 3 aliphatic rings. The number of carbonyl (C=O) groups excluding carboxylic acids is 2. The SMILES string of the molecule is C[C@@H](O)[C@H]1C(=O)N2C(C(=O)O)=C(SC3CN(c4nc(C(N)=O)cs4)C3)[C@H](C)[C@H]12. The summed E-state index contributed by atoms with van der Waals surface area (Å²) in [5.74, 6) is -2.69. The molecule has 4 atom stereocenters. The number of aromatic nitrogens is 1. The van der Waals surface area contributed by atoms with E-state index in [4.69, 9.17) is 5.73 Å². The highest BCUT2D eigenvalue weighted by Gasteiger charge is 2.60. The van der Waals surface area contributed by atoms with Gasteiger partial charge < -0.3 is 25.7 Å². The molecule has 2 amide bonds. The van der Waals surface area contributed by atoms with Crippen LogP contribution in [0, 0.1) is 11.8 Å².